The Balaban J connectivity index is 0.000000159. The summed E-state index contributed by atoms with van der Waals surface area (Å²) in [6.07, 6.45) is 9.13. The van der Waals surface area contributed by atoms with Crippen molar-refractivity contribution in [2.24, 2.45) is 5.73 Å². The number of carboxylic acid groups (broad SMARTS) is 2. The van der Waals surface area contributed by atoms with Crippen molar-refractivity contribution in [3.05, 3.63) is 266 Å². The topological polar surface area (TPSA) is 341 Å². The van der Waals surface area contributed by atoms with Crippen molar-refractivity contribution in [1.29, 1.82) is 0 Å². The molecule has 22 nitrogen and oxygen atoms in total. The van der Waals surface area contributed by atoms with Crippen LogP contribution in [0.5, 0.6) is 0 Å². The average Bonchev–Trinajstić information content (AvgIpc) is 1.04. The number of amides is 3. The lowest BCUT2D eigenvalue weighted by Gasteiger charge is -2.30. The fourth-order valence-electron chi connectivity index (χ4n) is 12.5. The molecule has 6 N–H and O–H groups in total. The number of halogens is 6. The Bertz CT molecular complexity index is 5720. The van der Waals surface area contributed by atoms with Crippen LogP contribution in [0, 0.1) is 0 Å². The van der Waals surface area contributed by atoms with Gasteiger partial charge in [0.1, 0.15) is 22.5 Å². The highest BCUT2D eigenvalue weighted by molar-refractivity contribution is 7.91. The molecule has 3 aromatic heterocycles. The van der Waals surface area contributed by atoms with Crippen molar-refractivity contribution in [2.75, 3.05) is 32.1 Å². The number of nitrogens with two attached hydrogens (primary N) is 1. The molecule has 3 aliphatic rings. The summed E-state index contributed by atoms with van der Waals surface area (Å²) in [5, 5.41) is 28.1. The van der Waals surface area contributed by atoms with Crippen LogP contribution in [0.4, 0.5) is 0 Å². The van der Waals surface area contributed by atoms with E-state index in [9.17, 15) is 60.3 Å². The number of benzene rings is 8. The number of carbonyl (C=O) groups excluding carboxylic acids is 6. The molecule has 572 valence electrons. The van der Waals surface area contributed by atoms with Gasteiger partial charge in [-0.05, 0) is 201 Å². The summed E-state index contributed by atoms with van der Waals surface area (Å²) in [7, 11) is -6.64. The number of ketones is 3. The number of aromatic carboxylic acids is 2. The smallest absolute Gasteiger partial charge is 0.338 e. The van der Waals surface area contributed by atoms with Gasteiger partial charge in [-0.3, -0.25) is 28.8 Å². The molecule has 0 aliphatic carbocycles. The van der Waals surface area contributed by atoms with Crippen LogP contribution in [-0.2, 0) is 81.0 Å². The van der Waals surface area contributed by atoms with Gasteiger partial charge in [-0.25, -0.2) is 26.4 Å². The second-order valence-electron chi connectivity index (χ2n) is 26.2. The van der Waals surface area contributed by atoms with Crippen molar-refractivity contribution >= 4 is 169 Å². The maximum Gasteiger partial charge on any atom is 0.338 e. The van der Waals surface area contributed by atoms with Gasteiger partial charge in [0.2, 0.25) is 0 Å². The number of furan rings is 3. The van der Waals surface area contributed by atoms with Crippen LogP contribution in [0.3, 0.4) is 0 Å². The molecule has 3 aliphatic heterocycles. The average molecular weight is 1650 g/mol. The summed E-state index contributed by atoms with van der Waals surface area (Å²) in [5.74, 6) is -3.49. The van der Waals surface area contributed by atoms with Crippen molar-refractivity contribution in [3.63, 3.8) is 0 Å². The molecule has 8 aromatic carbocycles. The Labute approximate surface area is 662 Å². The third-order valence-electron chi connectivity index (χ3n) is 18.4. The molecule has 30 heteroatoms. The third kappa shape index (κ3) is 19.9. The summed E-state index contributed by atoms with van der Waals surface area (Å²) in [6.45, 7) is 7.34. The molecule has 0 spiro atoms. The van der Waals surface area contributed by atoms with Crippen LogP contribution in [-0.4, -0.2) is 128 Å². The molecule has 0 radical (unpaired) electrons. The number of fused-ring (bicyclic) bond motifs is 6. The molecular weight excluding hydrogens is 1580 g/mol. The van der Waals surface area contributed by atoms with E-state index in [1.165, 1.54) is 51.3 Å². The normalized spacial score (nSPS) is 13.6. The second kappa shape index (κ2) is 35.5. The molecule has 110 heavy (non-hydrogen) atoms. The van der Waals surface area contributed by atoms with Crippen molar-refractivity contribution < 1.29 is 78.7 Å². The molecule has 0 bridgehead atoms. The van der Waals surface area contributed by atoms with Crippen LogP contribution in [0.2, 0.25) is 30.1 Å². The number of nitrogens with one attached hydrogen (secondary N) is 2. The van der Waals surface area contributed by atoms with E-state index in [2.05, 4.69) is 10.6 Å². The van der Waals surface area contributed by atoms with Gasteiger partial charge in [-0.15, -0.1) is 0 Å². The fraction of sp³-hybridized carbons (Fsp3) is 0.225. The molecule has 3 amide bonds. The van der Waals surface area contributed by atoms with E-state index in [0.717, 1.165) is 81.6 Å². The Hall–Kier alpha value is -9.70. The van der Waals surface area contributed by atoms with Crippen LogP contribution in [0.25, 0.3) is 32.9 Å². The first-order valence-corrected chi connectivity index (χ1v) is 39.9. The minimum Gasteiger partial charge on any atom is -0.478 e. The Morgan fingerprint density at radius 1 is 0.500 bits per heavy atom. The molecule has 0 unspecified atom stereocenters. The monoisotopic (exact) mass is 1650 g/mol. The Kier molecular flexibility index (Phi) is 26.8. The first kappa shape index (κ1) is 82.8. The van der Waals surface area contributed by atoms with Crippen molar-refractivity contribution in [2.45, 2.75) is 94.4 Å². The summed E-state index contributed by atoms with van der Waals surface area (Å²) in [5.41, 5.74) is 15.6. The van der Waals surface area contributed by atoms with Crippen LogP contribution in [0.1, 0.15) is 127 Å². The van der Waals surface area contributed by atoms with Gasteiger partial charge < -0.3 is 49.6 Å². The third-order valence-corrected chi connectivity index (χ3v) is 22.8. The van der Waals surface area contributed by atoms with E-state index in [0.29, 0.717) is 93.5 Å². The zero-order valence-corrected chi connectivity index (χ0v) is 65.7. The molecule has 14 rings (SSSR count). The van der Waals surface area contributed by atoms with E-state index < -0.39 is 49.6 Å². The predicted molar refractivity (Wildman–Crippen MR) is 421 cm³/mol. The number of nitrogens with zero attached hydrogens (tertiary/aromatic N) is 2. The second-order valence-corrected chi connectivity index (χ2v) is 32.6. The highest BCUT2D eigenvalue weighted by Gasteiger charge is 2.32. The van der Waals surface area contributed by atoms with Gasteiger partial charge >= 0.3 is 11.9 Å². The Morgan fingerprint density at radius 2 is 0.918 bits per heavy atom. The molecule has 0 fully saturated rings. The number of sulfone groups is 2. The minimum atomic E-state index is -3.44. The molecule has 0 saturated carbocycles. The molecule has 11 aromatic rings. The van der Waals surface area contributed by atoms with E-state index in [1.54, 1.807) is 107 Å². The lowest BCUT2D eigenvalue weighted by Crippen LogP contribution is -2.42. The van der Waals surface area contributed by atoms with Crippen LogP contribution in [0.15, 0.2) is 181 Å². The number of rotatable bonds is 15. The van der Waals surface area contributed by atoms with E-state index in [1.807, 2.05) is 30.3 Å². The van der Waals surface area contributed by atoms with E-state index in [4.69, 9.17) is 93.7 Å². The first-order chi connectivity index (χ1) is 52.1. The number of carbonyl (C=O) groups is 8. The highest BCUT2D eigenvalue weighted by Crippen LogP contribution is 2.38. The fourth-order valence-corrected chi connectivity index (χ4v) is 16.3. The summed E-state index contributed by atoms with van der Waals surface area (Å²) < 4.78 is 62.3. The lowest BCUT2D eigenvalue weighted by molar-refractivity contribution is -0.119. The van der Waals surface area contributed by atoms with Crippen LogP contribution >= 0.6 is 69.6 Å². The summed E-state index contributed by atoms with van der Waals surface area (Å²) in [6, 6.07) is 37.2. The SMILES string of the molecule is CC(=O)[C@@H](N)Cc1cccc(S(C)(=O)=O)c1.CC(=O)[C@H](Cc1cccc(S(C)(=O)=O)c1)NC(=O)c1c(Cl)cc2c(c1Cl)CCN(C(=O)c1ccc3ccoc3c1)C2.CC(=O)c1c(Cl)cc2c(c1Cl)CCNC2.O=C(O)c1c(Cl)cc2c(c1Cl)CCN(C(=O)c1ccc3ccoc3c1)C2.O=C(O)c1ccc2ccoc2c1. The van der Waals surface area contributed by atoms with Gasteiger partial charge in [0.05, 0.1) is 93.1 Å². The largest absolute Gasteiger partial charge is 0.478 e. The first-order valence-electron chi connectivity index (χ1n) is 33.9. The molecular formula is C80H71Cl6N5O17S2. The maximum absolute atomic E-state index is 13.3. The molecule has 6 heterocycles. The zero-order valence-electron chi connectivity index (χ0n) is 59.5. The summed E-state index contributed by atoms with van der Waals surface area (Å²) in [4.78, 5) is 99.8. The summed E-state index contributed by atoms with van der Waals surface area (Å²) >= 11 is 37.8. The van der Waals surface area contributed by atoms with Crippen molar-refractivity contribution in [3.8, 4) is 0 Å². The van der Waals surface area contributed by atoms with Crippen LogP contribution < -0.4 is 16.4 Å². The van der Waals surface area contributed by atoms with Crippen molar-refractivity contribution in [1.82, 2.24) is 20.4 Å². The van der Waals surface area contributed by atoms with Gasteiger partial charge in [0.15, 0.2) is 31.2 Å². The molecule has 0 saturated heterocycles. The molecule has 2 atom stereocenters. The van der Waals surface area contributed by atoms with E-state index in [-0.39, 0.29) is 88.7 Å². The van der Waals surface area contributed by atoms with Gasteiger partial charge in [-0.1, -0.05) is 112 Å². The zero-order chi connectivity index (χ0) is 79.8. The van der Waals surface area contributed by atoms with Gasteiger partial charge in [-0.2, -0.15) is 0 Å². The number of hydrogen-bond donors (Lipinski definition) is 5. The quantitative estimate of drug-likeness (QED) is 0.0595. The van der Waals surface area contributed by atoms with E-state index >= 15 is 0 Å². The number of carboxylic acids is 2. The number of Topliss-reactive ketones (excluding diaryl/α,β-unsaturated/α-hetero) is 3. The number of hydrogen-bond acceptors (Lipinski definition) is 17. The van der Waals surface area contributed by atoms with Gasteiger partial charge in [0.25, 0.3) is 17.7 Å². The Morgan fingerprint density at radius 3 is 1.36 bits per heavy atom. The van der Waals surface area contributed by atoms with Gasteiger partial charge in [0, 0.05) is 72.5 Å². The maximum atomic E-state index is 13.3. The minimum absolute atomic E-state index is 0.0475. The highest BCUT2D eigenvalue weighted by atomic mass is 35.5. The predicted octanol–water partition coefficient (Wildman–Crippen LogP) is 15.4. The lowest BCUT2D eigenvalue weighted by atomic mass is 9.95. The standard InChI is InChI=1S/C30H26Cl2N2O6S.C19H13Cl2NO4.C11H11Cl2NO.C11H15NO3S.C9H6O3/c1-17(35)25(13-18-4-3-5-22(12-18)41(2,38)39)33-29(36)27-24(31)14-21-16-34(10-8-23(21)28(27)32)30(37)20-7-6-19-9-11-40-26(19)15-20;20-14-7-12-9-22(5-3-13(12)17(21)16(14)19(24)25)18(23)11-2-1-10-4-6-26-15(10)8-11;1-6(15)10-9(12)4-7-5-14-3-2-8(7)11(10)13;1-8(13)11(12)7-9-4-3-5-10(6-9)16(2,14)15;10-9(11)7-2-1-6-3-4-12-8(6)5-7/h3-7,9,11-12,14-15,25H,8,10,13,16H2,1-2H3,(H,33,36);1-2,4,6-8H,3,5,9H2,(H,24,25);4,14H,2-3,5H2,1H3;3-6,11H,7,12H2,1-2H3;1-5H,(H,10,11)/t25-;;;11-;/m0..0./s1.